The minimum Gasteiger partial charge on any atom is -0.497 e. The Balaban J connectivity index is 2.16. The highest BCUT2D eigenvalue weighted by Gasteiger charge is 1.96. The average molecular weight is 228 g/mol. The smallest absolute Gasteiger partial charge is 0.145 e. The van der Waals surface area contributed by atoms with Crippen LogP contribution in [0.25, 0.3) is 0 Å². The van der Waals surface area contributed by atoms with Gasteiger partial charge in [-0.3, -0.25) is 4.99 Å². The molecular formula is C13H12N2O2. The van der Waals surface area contributed by atoms with Gasteiger partial charge in [0.05, 0.1) is 25.2 Å². The molecule has 0 spiro atoms. The van der Waals surface area contributed by atoms with Crippen molar-refractivity contribution in [3.63, 3.8) is 0 Å². The summed E-state index contributed by atoms with van der Waals surface area (Å²) in [7, 11) is 1.62. The second-order valence-electron chi connectivity index (χ2n) is 3.34. The van der Waals surface area contributed by atoms with Crippen molar-refractivity contribution in [3.8, 4) is 5.75 Å². The number of ether oxygens (including phenoxy) is 1. The number of hydrogen-bond donors (Lipinski definition) is 1. The summed E-state index contributed by atoms with van der Waals surface area (Å²) in [5.74, 6) is 1.89. The van der Waals surface area contributed by atoms with Gasteiger partial charge in [-0.2, -0.15) is 0 Å². The number of hydrogen-bond acceptors (Lipinski definition) is 4. The fourth-order valence-corrected chi connectivity index (χ4v) is 1.34. The van der Waals surface area contributed by atoms with Gasteiger partial charge in [0, 0.05) is 6.07 Å². The molecule has 0 saturated heterocycles. The van der Waals surface area contributed by atoms with E-state index >= 15 is 0 Å². The number of benzene rings is 1. The van der Waals surface area contributed by atoms with Crippen LogP contribution in [0, 0.1) is 5.41 Å². The lowest BCUT2D eigenvalue weighted by atomic mass is 10.3. The fraction of sp³-hybridized carbons (Fsp3) is 0.0769. The van der Waals surface area contributed by atoms with E-state index in [0.717, 1.165) is 17.7 Å². The Kier molecular flexibility index (Phi) is 3.35. The van der Waals surface area contributed by atoms with Gasteiger partial charge in [-0.15, -0.1) is 0 Å². The standard InChI is InChI=1S/C13H12N2O2/c1-16-11-4-2-3-10(7-11)15-9-13-6-5-12(8-14)17-13/h2-9,14H,1H3. The zero-order valence-electron chi connectivity index (χ0n) is 9.38. The average Bonchev–Trinajstić information content (AvgIpc) is 2.84. The molecule has 17 heavy (non-hydrogen) atoms. The van der Waals surface area contributed by atoms with E-state index in [1.165, 1.54) is 0 Å². The van der Waals surface area contributed by atoms with Gasteiger partial charge in [0.25, 0.3) is 0 Å². The molecule has 1 aromatic carbocycles. The molecule has 0 unspecified atom stereocenters. The summed E-state index contributed by atoms with van der Waals surface area (Å²) in [5, 5.41) is 7.03. The third-order valence-corrected chi connectivity index (χ3v) is 2.18. The molecule has 2 rings (SSSR count). The predicted molar refractivity (Wildman–Crippen MR) is 66.8 cm³/mol. The van der Waals surface area contributed by atoms with Gasteiger partial charge in [0.15, 0.2) is 0 Å². The summed E-state index contributed by atoms with van der Waals surface area (Å²) in [6, 6.07) is 10.9. The Bertz CT molecular complexity index is 544. The van der Waals surface area contributed by atoms with E-state index in [1.807, 2.05) is 24.3 Å². The van der Waals surface area contributed by atoms with Crippen LogP contribution < -0.4 is 4.74 Å². The Labute approximate surface area is 99.1 Å². The van der Waals surface area contributed by atoms with Crippen LogP contribution in [0.4, 0.5) is 5.69 Å². The largest absolute Gasteiger partial charge is 0.497 e. The molecule has 4 nitrogen and oxygen atoms in total. The normalized spacial score (nSPS) is 10.6. The molecule has 1 heterocycles. The second kappa shape index (κ2) is 5.12. The first-order valence-corrected chi connectivity index (χ1v) is 5.10. The van der Waals surface area contributed by atoms with E-state index in [-0.39, 0.29) is 0 Å². The Morgan fingerprint density at radius 3 is 2.76 bits per heavy atom. The number of methoxy groups -OCH3 is 1. The van der Waals surface area contributed by atoms with Crippen LogP contribution in [-0.4, -0.2) is 19.5 Å². The summed E-state index contributed by atoms with van der Waals surface area (Å²) in [6.45, 7) is 0. The van der Waals surface area contributed by atoms with Crippen molar-refractivity contribution in [2.75, 3.05) is 7.11 Å². The van der Waals surface area contributed by atoms with Gasteiger partial charge in [0.2, 0.25) is 0 Å². The molecule has 86 valence electrons. The molecule has 0 bridgehead atoms. The lowest BCUT2D eigenvalue weighted by Crippen LogP contribution is -1.81. The fourth-order valence-electron chi connectivity index (χ4n) is 1.34. The van der Waals surface area contributed by atoms with Crippen LogP contribution in [0.3, 0.4) is 0 Å². The topological polar surface area (TPSA) is 58.6 Å². The van der Waals surface area contributed by atoms with E-state index in [1.54, 1.807) is 25.5 Å². The van der Waals surface area contributed by atoms with E-state index in [0.29, 0.717) is 11.5 Å². The van der Waals surface area contributed by atoms with Gasteiger partial charge in [-0.05, 0) is 24.3 Å². The van der Waals surface area contributed by atoms with Crippen molar-refractivity contribution in [2.45, 2.75) is 0 Å². The summed E-state index contributed by atoms with van der Waals surface area (Å²) < 4.78 is 10.4. The van der Waals surface area contributed by atoms with E-state index in [2.05, 4.69) is 4.99 Å². The summed E-state index contributed by atoms with van der Waals surface area (Å²) in [6.07, 6.45) is 2.77. The molecule has 1 aromatic heterocycles. The van der Waals surface area contributed by atoms with Crippen LogP contribution in [-0.2, 0) is 0 Å². The van der Waals surface area contributed by atoms with Crippen molar-refractivity contribution in [1.29, 1.82) is 5.41 Å². The highest BCUT2D eigenvalue weighted by Crippen LogP contribution is 2.19. The third-order valence-electron chi connectivity index (χ3n) is 2.18. The van der Waals surface area contributed by atoms with Crippen molar-refractivity contribution >= 4 is 18.1 Å². The first-order valence-electron chi connectivity index (χ1n) is 5.10. The molecule has 4 heteroatoms. The number of aliphatic imine (C=N–C) groups is 1. The first-order chi connectivity index (χ1) is 8.31. The SMILES string of the molecule is COc1cccc(N=Cc2ccc(C=N)o2)c1. The highest BCUT2D eigenvalue weighted by molar-refractivity contribution is 5.81. The predicted octanol–water partition coefficient (Wildman–Crippen LogP) is 3.04. The van der Waals surface area contributed by atoms with Gasteiger partial charge in [-0.1, -0.05) is 6.07 Å². The number of nitrogens with zero attached hydrogens (tertiary/aromatic N) is 1. The van der Waals surface area contributed by atoms with E-state index < -0.39 is 0 Å². The van der Waals surface area contributed by atoms with E-state index in [9.17, 15) is 0 Å². The molecule has 0 atom stereocenters. The van der Waals surface area contributed by atoms with Crippen molar-refractivity contribution in [1.82, 2.24) is 0 Å². The maximum absolute atomic E-state index is 7.03. The van der Waals surface area contributed by atoms with Crippen LogP contribution in [0.2, 0.25) is 0 Å². The lowest BCUT2D eigenvalue weighted by molar-refractivity contribution is 0.415. The summed E-state index contributed by atoms with van der Waals surface area (Å²) >= 11 is 0. The second-order valence-corrected chi connectivity index (χ2v) is 3.34. The molecule has 0 aliphatic rings. The molecular weight excluding hydrogens is 216 g/mol. The van der Waals surface area contributed by atoms with Crippen LogP contribution in [0.15, 0.2) is 45.8 Å². The minimum absolute atomic E-state index is 0.511. The van der Waals surface area contributed by atoms with Gasteiger partial charge >= 0.3 is 0 Å². The Morgan fingerprint density at radius 1 is 1.24 bits per heavy atom. The third kappa shape index (κ3) is 2.81. The Hall–Kier alpha value is -2.36. The molecule has 0 radical (unpaired) electrons. The molecule has 2 aromatic rings. The van der Waals surface area contributed by atoms with Crippen LogP contribution in [0.5, 0.6) is 5.75 Å². The highest BCUT2D eigenvalue weighted by atomic mass is 16.5. The van der Waals surface area contributed by atoms with Gasteiger partial charge in [0.1, 0.15) is 17.3 Å². The summed E-state index contributed by atoms with van der Waals surface area (Å²) in [5.41, 5.74) is 0.789. The molecule has 0 aliphatic carbocycles. The zero-order valence-corrected chi connectivity index (χ0v) is 9.38. The molecule has 0 saturated carbocycles. The Morgan fingerprint density at radius 2 is 2.06 bits per heavy atom. The maximum atomic E-state index is 7.03. The minimum atomic E-state index is 0.511. The zero-order chi connectivity index (χ0) is 12.1. The monoisotopic (exact) mass is 228 g/mol. The quantitative estimate of drug-likeness (QED) is 0.817. The molecule has 1 N–H and O–H groups in total. The number of nitrogens with one attached hydrogen (secondary N) is 1. The van der Waals surface area contributed by atoms with Crippen molar-refractivity contribution in [2.24, 2.45) is 4.99 Å². The molecule has 0 fully saturated rings. The van der Waals surface area contributed by atoms with Gasteiger partial charge < -0.3 is 14.6 Å². The number of rotatable bonds is 4. The van der Waals surface area contributed by atoms with Crippen molar-refractivity contribution < 1.29 is 9.15 Å². The first kappa shape index (κ1) is 11.1. The van der Waals surface area contributed by atoms with Crippen LogP contribution in [0.1, 0.15) is 11.5 Å². The molecule has 0 aliphatic heterocycles. The lowest BCUT2D eigenvalue weighted by Gasteiger charge is -1.99. The van der Waals surface area contributed by atoms with Crippen LogP contribution >= 0.6 is 0 Å². The summed E-state index contributed by atoms with van der Waals surface area (Å²) in [4.78, 5) is 4.26. The maximum Gasteiger partial charge on any atom is 0.145 e. The van der Waals surface area contributed by atoms with Crippen molar-refractivity contribution in [3.05, 3.63) is 47.9 Å². The number of furan rings is 1. The van der Waals surface area contributed by atoms with Gasteiger partial charge in [-0.25, -0.2) is 0 Å². The molecule has 0 amide bonds. The van der Waals surface area contributed by atoms with E-state index in [4.69, 9.17) is 14.6 Å².